The lowest BCUT2D eigenvalue weighted by Crippen LogP contribution is -2.29. The first-order valence-corrected chi connectivity index (χ1v) is 8.01. The van der Waals surface area contributed by atoms with E-state index in [9.17, 15) is 4.21 Å². The fourth-order valence-electron chi connectivity index (χ4n) is 2.13. The minimum atomic E-state index is -0.606. The average molecular weight is 287 g/mol. The van der Waals surface area contributed by atoms with Crippen LogP contribution in [0.3, 0.4) is 0 Å². The van der Waals surface area contributed by atoms with Gasteiger partial charge in [0.2, 0.25) is 0 Å². The van der Waals surface area contributed by atoms with Crippen molar-refractivity contribution < 1.29 is 4.21 Å². The van der Waals surface area contributed by atoms with Gasteiger partial charge in [-0.05, 0) is 31.0 Å². The van der Waals surface area contributed by atoms with Crippen LogP contribution in [0.4, 0.5) is 11.4 Å². The molecule has 0 radical (unpaired) electrons. The molecule has 0 atom stereocenters. The number of rotatable bonds is 3. The van der Waals surface area contributed by atoms with E-state index in [0.29, 0.717) is 6.04 Å². The highest BCUT2D eigenvalue weighted by Crippen LogP contribution is 2.28. The third-order valence-corrected chi connectivity index (χ3v) is 4.87. The van der Waals surface area contributed by atoms with Crippen LogP contribution < -0.4 is 10.2 Å². The van der Waals surface area contributed by atoms with Gasteiger partial charge in [-0.25, -0.2) is 0 Å². The Bertz CT molecular complexity index is 441. The van der Waals surface area contributed by atoms with Crippen LogP contribution in [0.25, 0.3) is 0 Å². The summed E-state index contributed by atoms with van der Waals surface area (Å²) in [6.07, 6.45) is 1.94. The Labute approximate surface area is 116 Å². The number of nitrogens with one attached hydrogen (secondary N) is 1. The van der Waals surface area contributed by atoms with Crippen LogP contribution in [-0.2, 0) is 10.8 Å². The second-order valence-electron chi connectivity index (χ2n) is 4.83. The fourth-order valence-corrected chi connectivity index (χ4v) is 3.78. The normalized spacial score (nSPS) is 23.7. The molecule has 0 aliphatic carbocycles. The molecule has 1 fully saturated rings. The molecule has 1 heterocycles. The summed E-state index contributed by atoms with van der Waals surface area (Å²) in [5, 5.41) is 4.23. The first-order chi connectivity index (χ1) is 8.56. The minimum absolute atomic E-state index is 0.420. The van der Waals surface area contributed by atoms with Gasteiger partial charge in [-0.3, -0.25) is 4.21 Å². The van der Waals surface area contributed by atoms with Crippen molar-refractivity contribution in [2.75, 3.05) is 35.8 Å². The fraction of sp³-hybridized carbons (Fsp3) is 0.538. The Kier molecular flexibility index (Phi) is 4.51. The average Bonchev–Trinajstić information content (AvgIpc) is 2.32. The molecule has 18 heavy (non-hydrogen) atoms. The van der Waals surface area contributed by atoms with Gasteiger partial charge in [0.1, 0.15) is 0 Å². The van der Waals surface area contributed by atoms with Crippen molar-refractivity contribution in [2.24, 2.45) is 0 Å². The Balaban J connectivity index is 2.02. The van der Waals surface area contributed by atoms with Crippen LogP contribution in [0.5, 0.6) is 0 Å². The molecule has 0 amide bonds. The standard InChI is InChI=1S/C13H19ClN2OS/c1-16(2)13-4-3-11(9-12(13)14)15-10-5-7-18(17)8-6-10/h3-4,9-10,15H,5-8H2,1-2H3. The molecule has 1 aliphatic heterocycles. The summed E-state index contributed by atoms with van der Waals surface area (Å²) < 4.78 is 11.3. The molecule has 0 bridgehead atoms. The maximum atomic E-state index is 11.3. The van der Waals surface area contributed by atoms with Crippen molar-refractivity contribution >= 4 is 33.8 Å². The van der Waals surface area contributed by atoms with Crippen LogP contribution in [-0.4, -0.2) is 35.9 Å². The Morgan fingerprint density at radius 1 is 1.33 bits per heavy atom. The number of halogens is 1. The molecule has 0 aromatic heterocycles. The number of benzene rings is 1. The summed E-state index contributed by atoms with van der Waals surface area (Å²) >= 11 is 6.23. The van der Waals surface area contributed by atoms with E-state index in [1.807, 2.05) is 37.2 Å². The topological polar surface area (TPSA) is 32.3 Å². The number of hydrogen-bond acceptors (Lipinski definition) is 3. The predicted octanol–water partition coefficient (Wildman–Crippen LogP) is 2.73. The molecule has 5 heteroatoms. The monoisotopic (exact) mass is 286 g/mol. The number of hydrogen-bond donors (Lipinski definition) is 1. The first kappa shape index (κ1) is 13.7. The lowest BCUT2D eigenvalue weighted by atomic mass is 10.1. The van der Waals surface area contributed by atoms with E-state index in [4.69, 9.17) is 11.6 Å². The first-order valence-electron chi connectivity index (χ1n) is 6.14. The number of anilines is 2. The third kappa shape index (κ3) is 3.39. The molecule has 0 saturated carbocycles. The van der Waals surface area contributed by atoms with Crippen LogP contribution in [0.15, 0.2) is 18.2 Å². The molecule has 2 rings (SSSR count). The van der Waals surface area contributed by atoms with Gasteiger partial charge >= 0.3 is 0 Å². The highest BCUT2D eigenvalue weighted by Gasteiger charge is 2.17. The summed E-state index contributed by atoms with van der Waals surface area (Å²) in [5.41, 5.74) is 2.07. The number of nitrogens with zero attached hydrogens (tertiary/aromatic N) is 1. The van der Waals surface area contributed by atoms with Gasteiger partial charge in [0.05, 0.1) is 10.7 Å². The van der Waals surface area contributed by atoms with E-state index in [1.54, 1.807) is 0 Å². The third-order valence-electron chi connectivity index (χ3n) is 3.19. The van der Waals surface area contributed by atoms with Crippen molar-refractivity contribution in [3.05, 3.63) is 23.2 Å². The van der Waals surface area contributed by atoms with Crippen molar-refractivity contribution in [3.8, 4) is 0 Å². The Hall–Kier alpha value is -0.740. The van der Waals surface area contributed by atoms with Crippen LogP contribution in [0.1, 0.15) is 12.8 Å². The maximum absolute atomic E-state index is 11.3. The molecule has 0 unspecified atom stereocenters. The largest absolute Gasteiger partial charge is 0.382 e. The predicted molar refractivity (Wildman–Crippen MR) is 80.3 cm³/mol. The summed E-state index contributed by atoms with van der Waals surface area (Å²) in [6, 6.07) is 6.45. The molecule has 1 saturated heterocycles. The smallest absolute Gasteiger partial charge is 0.0659 e. The van der Waals surface area contributed by atoms with Crippen molar-refractivity contribution in [1.29, 1.82) is 0 Å². The minimum Gasteiger partial charge on any atom is -0.382 e. The quantitative estimate of drug-likeness (QED) is 0.927. The Morgan fingerprint density at radius 3 is 2.56 bits per heavy atom. The highest BCUT2D eigenvalue weighted by atomic mass is 35.5. The summed E-state index contributed by atoms with van der Waals surface area (Å²) in [7, 11) is 3.35. The maximum Gasteiger partial charge on any atom is 0.0659 e. The van der Waals surface area contributed by atoms with Gasteiger partial charge in [-0.2, -0.15) is 0 Å². The van der Waals surface area contributed by atoms with Gasteiger partial charge in [0.15, 0.2) is 0 Å². The van der Waals surface area contributed by atoms with Crippen molar-refractivity contribution in [3.63, 3.8) is 0 Å². The van der Waals surface area contributed by atoms with E-state index in [1.165, 1.54) is 0 Å². The molecule has 3 nitrogen and oxygen atoms in total. The molecule has 0 spiro atoms. The lowest BCUT2D eigenvalue weighted by molar-refractivity contribution is 0.624. The molecule has 1 aliphatic rings. The van der Waals surface area contributed by atoms with Crippen LogP contribution in [0, 0.1) is 0 Å². The van der Waals surface area contributed by atoms with Gasteiger partial charge in [0.25, 0.3) is 0 Å². The SMILES string of the molecule is CN(C)c1ccc(NC2CCS(=O)CC2)cc1Cl. The summed E-state index contributed by atoms with van der Waals surface area (Å²) in [6.45, 7) is 0. The Morgan fingerprint density at radius 2 is 2.00 bits per heavy atom. The zero-order valence-electron chi connectivity index (χ0n) is 10.8. The summed E-state index contributed by atoms with van der Waals surface area (Å²) in [4.78, 5) is 2.00. The molecule has 1 aromatic rings. The van der Waals surface area contributed by atoms with E-state index < -0.39 is 10.8 Å². The van der Waals surface area contributed by atoms with Crippen molar-refractivity contribution in [2.45, 2.75) is 18.9 Å². The summed E-state index contributed by atoms with van der Waals surface area (Å²) in [5.74, 6) is 1.61. The van der Waals surface area contributed by atoms with Crippen molar-refractivity contribution in [1.82, 2.24) is 0 Å². The van der Waals surface area contributed by atoms with Crippen LogP contribution >= 0.6 is 11.6 Å². The van der Waals surface area contributed by atoms with Crippen LogP contribution in [0.2, 0.25) is 5.02 Å². The van der Waals surface area contributed by atoms with Gasteiger partial charge in [0, 0.05) is 48.1 Å². The van der Waals surface area contributed by atoms with Gasteiger partial charge in [-0.1, -0.05) is 11.6 Å². The second-order valence-corrected chi connectivity index (χ2v) is 6.93. The molecule has 1 aromatic carbocycles. The van der Waals surface area contributed by atoms with Gasteiger partial charge in [-0.15, -0.1) is 0 Å². The second kappa shape index (κ2) is 5.93. The van der Waals surface area contributed by atoms with Gasteiger partial charge < -0.3 is 10.2 Å². The highest BCUT2D eigenvalue weighted by molar-refractivity contribution is 7.85. The molecular formula is C13H19ClN2OS. The molecular weight excluding hydrogens is 268 g/mol. The molecule has 100 valence electrons. The molecule has 1 N–H and O–H groups in total. The van der Waals surface area contributed by atoms with E-state index in [2.05, 4.69) is 5.32 Å². The zero-order chi connectivity index (χ0) is 13.1. The van der Waals surface area contributed by atoms with E-state index >= 15 is 0 Å². The zero-order valence-corrected chi connectivity index (χ0v) is 12.4. The van der Waals surface area contributed by atoms with E-state index in [-0.39, 0.29) is 0 Å². The lowest BCUT2D eigenvalue weighted by Gasteiger charge is -2.24. The van der Waals surface area contributed by atoms with E-state index in [0.717, 1.165) is 40.7 Å².